The number of carbonyl (C=O) groups excluding carboxylic acids is 2. The number of fused-ring (bicyclic) bond motifs is 4. The largest absolute Gasteiger partial charge is 0.350 e. The SMILES string of the molecule is CN1C[C@H]2C[C@@H](C1)[C@H](CNC(=O)c1cccc(F)c1F)N1C(=O)CCC[C@@H]21. The molecule has 0 unspecified atom stereocenters. The third-order valence-corrected chi connectivity index (χ3v) is 6.35. The molecule has 4 rings (SSSR count). The molecule has 3 heterocycles. The molecule has 27 heavy (non-hydrogen) atoms. The minimum Gasteiger partial charge on any atom is -0.350 e. The standard InChI is InChI=1S/C20H25F2N3O2/c1-24-10-12-8-13(11-24)17(25-16(12)6-3-7-18(25)26)9-23-20(27)14-4-2-5-15(21)19(14)22/h2,4-5,12-13,16-17H,3,6-11H2,1H3,(H,23,27)/t12-,13+,16+,17+/m1/s1. The number of benzene rings is 1. The molecule has 4 atom stereocenters. The number of nitrogens with zero attached hydrogens (tertiary/aromatic N) is 2. The lowest BCUT2D eigenvalue weighted by molar-refractivity contribution is -0.151. The summed E-state index contributed by atoms with van der Waals surface area (Å²) in [5, 5.41) is 2.75. The fourth-order valence-corrected chi connectivity index (χ4v) is 5.24. The highest BCUT2D eigenvalue weighted by molar-refractivity contribution is 5.94. The van der Waals surface area contributed by atoms with Crippen LogP contribution in [-0.2, 0) is 4.79 Å². The number of piperidine rings is 3. The zero-order valence-electron chi connectivity index (χ0n) is 15.5. The molecule has 2 bridgehead atoms. The first-order valence-electron chi connectivity index (χ1n) is 9.67. The van der Waals surface area contributed by atoms with Crippen LogP contribution >= 0.6 is 0 Å². The van der Waals surface area contributed by atoms with Crippen molar-refractivity contribution in [1.82, 2.24) is 15.1 Å². The first kappa shape index (κ1) is 18.3. The first-order valence-corrected chi connectivity index (χ1v) is 9.67. The van der Waals surface area contributed by atoms with Gasteiger partial charge in [0, 0.05) is 32.1 Å². The average Bonchev–Trinajstić information content (AvgIpc) is 2.64. The van der Waals surface area contributed by atoms with Crippen LogP contribution in [0.15, 0.2) is 18.2 Å². The number of halogens is 2. The average molecular weight is 377 g/mol. The van der Waals surface area contributed by atoms with E-state index in [-0.39, 0.29) is 36.0 Å². The molecule has 0 aliphatic carbocycles. The summed E-state index contributed by atoms with van der Waals surface area (Å²) in [6.07, 6.45) is 3.51. The van der Waals surface area contributed by atoms with Crippen LogP contribution in [0.3, 0.4) is 0 Å². The van der Waals surface area contributed by atoms with Crippen molar-refractivity contribution in [1.29, 1.82) is 0 Å². The van der Waals surface area contributed by atoms with Gasteiger partial charge in [0.25, 0.3) is 5.91 Å². The predicted octanol–water partition coefficient (Wildman–Crippen LogP) is 2.03. The van der Waals surface area contributed by atoms with E-state index in [0.29, 0.717) is 12.3 Å². The molecule has 2 amide bonds. The second-order valence-electron chi connectivity index (χ2n) is 8.12. The van der Waals surface area contributed by atoms with E-state index < -0.39 is 17.5 Å². The third kappa shape index (κ3) is 3.33. The van der Waals surface area contributed by atoms with Crippen LogP contribution in [0.4, 0.5) is 8.78 Å². The molecule has 3 aliphatic heterocycles. The predicted molar refractivity (Wildman–Crippen MR) is 96.1 cm³/mol. The molecule has 3 fully saturated rings. The molecule has 1 aromatic carbocycles. The molecular weight excluding hydrogens is 352 g/mol. The molecule has 0 spiro atoms. The minimum absolute atomic E-state index is 0.0950. The Morgan fingerprint density at radius 2 is 2.04 bits per heavy atom. The van der Waals surface area contributed by atoms with Gasteiger partial charge in [0.1, 0.15) is 0 Å². The van der Waals surface area contributed by atoms with Crippen molar-refractivity contribution in [2.75, 3.05) is 26.7 Å². The Labute approximate surface area is 157 Å². The molecule has 0 saturated carbocycles. The van der Waals surface area contributed by atoms with Gasteiger partial charge in [-0.3, -0.25) is 9.59 Å². The lowest BCUT2D eigenvalue weighted by Gasteiger charge is -2.56. The molecule has 5 nitrogen and oxygen atoms in total. The third-order valence-electron chi connectivity index (χ3n) is 6.35. The van der Waals surface area contributed by atoms with Crippen LogP contribution < -0.4 is 5.32 Å². The van der Waals surface area contributed by atoms with E-state index in [4.69, 9.17) is 0 Å². The second kappa shape index (κ2) is 7.19. The van der Waals surface area contributed by atoms with Gasteiger partial charge >= 0.3 is 0 Å². The summed E-state index contributed by atoms with van der Waals surface area (Å²) in [5.41, 5.74) is -0.300. The summed E-state index contributed by atoms with van der Waals surface area (Å²) in [7, 11) is 2.09. The van der Waals surface area contributed by atoms with Gasteiger partial charge in [-0.25, -0.2) is 8.78 Å². The van der Waals surface area contributed by atoms with E-state index >= 15 is 0 Å². The Balaban J connectivity index is 1.53. The molecule has 0 radical (unpaired) electrons. The van der Waals surface area contributed by atoms with E-state index in [2.05, 4.69) is 17.3 Å². The van der Waals surface area contributed by atoms with Gasteiger partial charge in [-0.15, -0.1) is 0 Å². The Hall–Kier alpha value is -2.02. The van der Waals surface area contributed by atoms with Crippen molar-refractivity contribution in [2.45, 2.75) is 37.8 Å². The normalized spacial score (nSPS) is 30.8. The lowest BCUT2D eigenvalue weighted by Crippen LogP contribution is -2.66. The Bertz CT molecular complexity index is 757. The van der Waals surface area contributed by atoms with Crippen molar-refractivity contribution in [2.24, 2.45) is 11.8 Å². The summed E-state index contributed by atoms with van der Waals surface area (Å²) < 4.78 is 27.3. The van der Waals surface area contributed by atoms with Crippen LogP contribution in [0.25, 0.3) is 0 Å². The highest BCUT2D eigenvalue weighted by atomic mass is 19.2. The van der Waals surface area contributed by atoms with Gasteiger partial charge in [0.2, 0.25) is 5.91 Å². The zero-order chi connectivity index (χ0) is 19.1. The molecule has 146 valence electrons. The highest BCUT2D eigenvalue weighted by Crippen LogP contribution is 2.41. The van der Waals surface area contributed by atoms with Gasteiger partial charge in [0.15, 0.2) is 11.6 Å². The maximum atomic E-state index is 13.9. The number of likely N-dealkylation sites (tertiary alicyclic amines) is 1. The summed E-state index contributed by atoms with van der Waals surface area (Å²) >= 11 is 0. The van der Waals surface area contributed by atoms with Crippen molar-refractivity contribution in [3.8, 4) is 0 Å². The maximum Gasteiger partial charge on any atom is 0.254 e. The summed E-state index contributed by atoms with van der Waals surface area (Å²) in [6.45, 7) is 2.14. The summed E-state index contributed by atoms with van der Waals surface area (Å²) in [5.74, 6) is -1.90. The number of amides is 2. The van der Waals surface area contributed by atoms with Crippen molar-refractivity contribution in [3.05, 3.63) is 35.4 Å². The maximum absolute atomic E-state index is 13.9. The lowest BCUT2D eigenvalue weighted by atomic mass is 9.72. The number of hydrogen-bond donors (Lipinski definition) is 1. The van der Waals surface area contributed by atoms with Gasteiger partial charge < -0.3 is 15.1 Å². The first-order chi connectivity index (χ1) is 13.0. The number of hydrogen-bond acceptors (Lipinski definition) is 3. The molecule has 0 aromatic heterocycles. The van der Waals surface area contributed by atoms with Crippen LogP contribution in [0.1, 0.15) is 36.0 Å². The van der Waals surface area contributed by atoms with Crippen LogP contribution in [0.2, 0.25) is 0 Å². The van der Waals surface area contributed by atoms with E-state index in [9.17, 15) is 18.4 Å². The Kier molecular flexibility index (Phi) is 4.88. The fourth-order valence-electron chi connectivity index (χ4n) is 5.24. The highest BCUT2D eigenvalue weighted by Gasteiger charge is 2.48. The van der Waals surface area contributed by atoms with E-state index in [1.54, 1.807) is 0 Å². The molecule has 3 aliphatic rings. The van der Waals surface area contributed by atoms with Gasteiger partial charge in [0.05, 0.1) is 11.6 Å². The van der Waals surface area contributed by atoms with Crippen molar-refractivity contribution >= 4 is 11.8 Å². The van der Waals surface area contributed by atoms with Crippen LogP contribution in [0.5, 0.6) is 0 Å². The quantitative estimate of drug-likeness (QED) is 0.877. The molecule has 7 heteroatoms. The van der Waals surface area contributed by atoms with Gasteiger partial charge in [-0.05, 0) is 50.3 Å². The second-order valence-corrected chi connectivity index (χ2v) is 8.12. The zero-order valence-corrected chi connectivity index (χ0v) is 15.5. The molecule has 1 aromatic rings. The van der Waals surface area contributed by atoms with Gasteiger partial charge in [-0.2, -0.15) is 0 Å². The van der Waals surface area contributed by atoms with E-state index in [1.807, 2.05) is 4.90 Å². The minimum atomic E-state index is -1.14. The fraction of sp³-hybridized carbons (Fsp3) is 0.600. The Morgan fingerprint density at radius 1 is 1.26 bits per heavy atom. The van der Waals surface area contributed by atoms with Crippen molar-refractivity contribution < 1.29 is 18.4 Å². The van der Waals surface area contributed by atoms with E-state index in [1.165, 1.54) is 12.1 Å². The molecule has 1 N–H and O–H groups in total. The van der Waals surface area contributed by atoms with Crippen LogP contribution in [-0.4, -0.2) is 60.4 Å². The van der Waals surface area contributed by atoms with Crippen molar-refractivity contribution in [3.63, 3.8) is 0 Å². The van der Waals surface area contributed by atoms with Gasteiger partial charge in [-0.1, -0.05) is 6.07 Å². The number of rotatable bonds is 3. The number of carbonyl (C=O) groups is 2. The monoisotopic (exact) mass is 377 g/mol. The topological polar surface area (TPSA) is 52.7 Å². The van der Waals surface area contributed by atoms with E-state index in [0.717, 1.165) is 38.4 Å². The van der Waals surface area contributed by atoms with Crippen LogP contribution in [0, 0.1) is 23.5 Å². The smallest absolute Gasteiger partial charge is 0.254 e. The number of nitrogens with one attached hydrogen (secondary N) is 1. The molecular formula is C20H25F2N3O2. The summed E-state index contributed by atoms with van der Waals surface area (Å²) in [6, 6.07) is 3.70. The summed E-state index contributed by atoms with van der Waals surface area (Å²) in [4.78, 5) is 29.4. The Morgan fingerprint density at radius 3 is 2.85 bits per heavy atom. The molecule has 3 saturated heterocycles.